The Hall–Kier alpha value is -1.88. The normalized spacial score (nSPS) is 23.2. The van der Waals surface area contributed by atoms with Crippen LogP contribution in [0, 0.1) is 0 Å². The third kappa shape index (κ3) is 1.76. The Morgan fingerprint density at radius 2 is 2.17 bits per heavy atom. The van der Waals surface area contributed by atoms with Crippen LogP contribution in [-0.2, 0) is 0 Å². The van der Waals surface area contributed by atoms with Crippen LogP contribution in [-0.4, -0.2) is 27.0 Å². The van der Waals surface area contributed by atoms with Crippen LogP contribution in [0.2, 0.25) is 0 Å². The number of aromatic amines is 1. The summed E-state index contributed by atoms with van der Waals surface area (Å²) >= 11 is 5.34. The van der Waals surface area contributed by atoms with Crippen LogP contribution in [0.4, 0.5) is 0 Å². The Morgan fingerprint density at radius 3 is 2.83 bits per heavy atom. The van der Waals surface area contributed by atoms with Crippen LogP contribution < -0.4 is 5.32 Å². The number of thiocarbonyl (C=S) groups is 1. The number of hydrogen-bond donors (Lipinski definition) is 2. The van der Waals surface area contributed by atoms with Gasteiger partial charge in [0.15, 0.2) is 5.11 Å². The lowest BCUT2D eigenvalue weighted by atomic mass is 10.0. The minimum atomic E-state index is 0.0855. The van der Waals surface area contributed by atoms with Gasteiger partial charge in [0.25, 0.3) is 0 Å². The molecular formula is C13H14N4S. The highest BCUT2D eigenvalue weighted by atomic mass is 32.1. The molecule has 4 nitrogen and oxygen atoms in total. The Bertz CT molecular complexity index is 537. The first-order chi connectivity index (χ1) is 8.77. The van der Waals surface area contributed by atoms with Crippen LogP contribution in [0.15, 0.2) is 42.7 Å². The molecule has 1 fully saturated rings. The van der Waals surface area contributed by atoms with Gasteiger partial charge in [0.05, 0.1) is 17.8 Å². The van der Waals surface area contributed by atoms with E-state index in [0.29, 0.717) is 0 Å². The first kappa shape index (κ1) is 11.2. The average molecular weight is 258 g/mol. The maximum atomic E-state index is 5.34. The second kappa shape index (κ2) is 4.42. The number of H-pyrrole nitrogens is 1. The summed E-state index contributed by atoms with van der Waals surface area (Å²) in [6.07, 6.45) is 3.74. The fourth-order valence-corrected chi connectivity index (χ4v) is 2.62. The maximum absolute atomic E-state index is 5.34. The molecule has 0 amide bonds. The van der Waals surface area contributed by atoms with Gasteiger partial charge in [0, 0.05) is 25.1 Å². The fourth-order valence-electron chi connectivity index (χ4n) is 2.38. The second-order valence-corrected chi connectivity index (χ2v) is 4.75. The molecule has 5 heteroatoms. The molecule has 0 saturated carbocycles. The zero-order chi connectivity index (χ0) is 12.5. The highest BCUT2D eigenvalue weighted by molar-refractivity contribution is 7.80. The van der Waals surface area contributed by atoms with E-state index in [1.165, 1.54) is 0 Å². The third-order valence-corrected chi connectivity index (χ3v) is 3.69. The third-order valence-electron chi connectivity index (χ3n) is 3.28. The molecule has 2 N–H and O–H groups in total. The lowest BCUT2D eigenvalue weighted by Gasteiger charge is -2.22. The molecule has 92 valence electrons. The molecule has 3 heterocycles. The van der Waals surface area contributed by atoms with Crippen LogP contribution in [0.1, 0.15) is 23.5 Å². The molecule has 1 aliphatic rings. The van der Waals surface area contributed by atoms with E-state index in [1.54, 1.807) is 0 Å². The molecule has 3 rings (SSSR count). The first-order valence-corrected chi connectivity index (χ1v) is 6.26. The molecule has 18 heavy (non-hydrogen) atoms. The Morgan fingerprint density at radius 1 is 1.28 bits per heavy atom. The quantitative estimate of drug-likeness (QED) is 0.809. The predicted octanol–water partition coefficient (Wildman–Crippen LogP) is 2.01. The van der Waals surface area contributed by atoms with Gasteiger partial charge in [-0.3, -0.25) is 4.98 Å². The van der Waals surface area contributed by atoms with E-state index in [0.717, 1.165) is 16.5 Å². The van der Waals surface area contributed by atoms with Crippen LogP contribution in [0.25, 0.3) is 0 Å². The van der Waals surface area contributed by atoms with E-state index in [9.17, 15) is 0 Å². The van der Waals surface area contributed by atoms with Gasteiger partial charge in [0.2, 0.25) is 0 Å². The van der Waals surface area contributed by atoms with Gasteiger partial charge in [-0.05, 0) is 36.5 Å². The van der Waals surface area contributed by atoms with Crippen molar-refractivity contribution < 1.29 is 0 Å². The molecule has 2 aromatic heterocycles. The van der Waals surface area contributed by atoms with Crippen molar-refractivity contribution in [3.63, 3.8) is 0 Å². The minimum Gasteiger partial charge on any atom is -0.363 e. The van der Waals surface area contributed by atoms with E-state index >= 15 is 0 Å². The number of nitrogens with zero attached hydrogens (tertiary/aromatic N) is 2. The highest BCUT2D eigenvalue weighted by Crippen LogP contribution is 2.36. The molecule has 0 spiro atoms. The van der Waals surface area contributed by atoms with E-state index in [1.807, 2.05) is 43.7 Å². The summed E-state index contributed by atoms with van der Waals surface area (Å²) in [5, 5.41) is 4.09. The zero-order valence-corrected chi connectivity index (χ0v) is 10.8. The van der Waals surface area contributed by atoms with Crippen molar-refractivity contribution >= 4 is 17.3 Å². The van der Waals surface area contributed by atoms with E-state index in [4.69, 9.17) is 12.2 Å². The molecule has 2 atom stereocenters. The summed E-state index contributed by atoms with van der Waals surface area (Å²) in [6.45, 7) is 0. The first-order valence-electron chi connectivity index (χ1n) is 5.85. The summed E-state index contributed by atoms with van der Waals surface area (Å²) < 4.78 is 0. The molecule has 0 aliphatic carbocycles. The van der Waals surface area contributed by atoms with Crippen molar-refractivity contribution in [2.24, 2.45) is 0 Å². The summed E-state index contributed by atoms with van der Waals surface area (Å²) in [5.74, 6) is 0. The topological polar surface area (TPSA) is 44.0 Å². The Balaban J connectivity index is 2.00. The summed E-state index contributed by atoms with van der Waals surface area (Å²) in [7, 11) is 2.00. The highest BCUT2D eigenvalue weighted by Gasteiger charge is 2.37. The number of likely N-dealkylation sites (N-methyl/N-ethyl adjacent to an activating group) is 1. The van der Waals surface area contributed by atoms with E-state index in [-0.39, 0.29) is 12.1 Å². The standard InChI is InChI=1S/C13H14N4S/c1-17-12(10-6-4-8-15-10)11(16-13(17)18)9-5-2-3-7-14-9/h2-8,11-12,15H,1H3,(H,16,18)/t11-,12-/m1/s1. The lowest BCUT2D eigenvalue weighted by molar-refractivity contribution is 0.362. The molecule has 0 radical (unpaired) electrons. The van der Waals surface area contributed by atoms with Crippen molar-refractivity contribution in [3.8, 4) is 0 Å². The van der Waals surface area contributed by atoms with Crippen LogP contribution >= 0.6 is 12.2 Å². The number of rotatable bonds is 2. The molecular weight excluding hydrogens is 244 g/mol. The molecule has 0 bridgehead atoms. The van der Waals surface area contributed by atoms with Crippen LogP contribution in [0.5, 0.6) is 0 Å². The molecule has 1 saturated heterocycles. The maximum Gasteiger partial charge on any atom is 0.169 e. The van der Waals surface area contributed by atoms with Gasteiger partial charge >= 0.3 is 0 Å². The second-order valence-electron chi connectivity index (χ2n) is 4.36. The molecule has 1 aliphatic heterocycles. The SMILES string of the molecule is CN1C(=S)N[C@H](c2ccccn2)[C@H]1c1ccc[nH]1. The Kier molecular flexibility index (Phi) is 2.76. The van der Waals surface area contributed by atoms with Crippen molar-refractivity contribution in [2.45, 2.75) is 12.1 Å². The lowest BCUT2D eigenvalue weighted by Crippen LogP contribution is -2.25. The van der Waals surface area contributed by atoms with Gasteiger partial charge in [0.1, 0.15) is 0 Å². The van der Waals surface area contributed by atoms with E-state index < -0.39 is 0 Å². The average Bonchev–Trinajstić information content (AvgIpc) is 3.00. The van der Waals surface area contributed by atoms with Crippen LogP contribution in [0.3, 0.4) is 0 Å². The predicted molar refractivity (Wildman–Crippen MR) is 74.0 cm³/mol. The number of pyridine rings is 1. The van der Waals surface area contributed by atoms with Crippen molar-refractivity contribution in [1.29, 1.82) is 0 Å². The molecule has 0 aromatic carbocycles. The molecule has 0 unspecified atom stereocenters. The monoisotopic (exact) mass is 258 g/mol. The van der Waals surface area contributed by atoms with Crippen molar-refractivity contribution in [2.75, 3.05) is 7.05 Å². The van der Waals surface area contributed by atoms with Crippen molar-refractivity contribution in [3.05, 3.63) is 54.1 Å². The van der Waals surface area contributed by atoms with Gasteiger partial charge in [-0.1, -0.05) is 6.07 Å². The van der Waals surface area contributed by atoms with E-state index in [2.05, 4.69) is 26.3 Å². The number of hydrogen-bond acceptors (Lipinski definition) is 2. The van der Waals surface area contributed by atoms with Gasteiger partial charge in [-0.15, -0.1) is 0 Å². The Labute approximate surface area is 111 Å². The largest absolute Gasteiger partial charge is 0.363 e. The summed E-state index contributed by atoms with van der Waals surface area (Å²) in [6, 6.07) is 10.3. The molecule has 2 aromatic rings. The zero-order valence-electron chi connectivity index (χ0n) is 10.00. The number of aromatic nitrogens is 2. The summed E-state index contributed by atoms with van der Waals surface area (Å²) in [5.41, 5.74) is 2.14. The van der Waals surface area contributed by atoms with Gasteiger partial charge in [-0.25, -0.2) is 0 Å². The fraction of sp³-hybridized carbons (Fsp3) is 0.231. The minimum absolute atomic E-state index is 0.0855. The smallest absolute Gasteiger partial charge is 0.169 e. The van der Waals surface area contributed by atoms with Gasteiger partial charge in [-0.2, -0.15) is 0 Å². The van der Waals surface area contributed by atoms with Crippen molar-refractivity contribution in [1.82, 2.24) is 20.2 Å². The van der Waals surface area contributed by atoms with Gasteiger partial charge < -0.3 is 15.2 Å². The number of nitrogens with one attached hydrogen (secondary N) is 2. The summed E-state index contributed by atoms with van der Waals surface area (Å²) in [4.78, 5) is 9.76.